The number of pyridine rings is 1. The van der Waals surface area contributed by atoms with Gasteiger partial charge in [0.05, 0.1) is 6.10 Å². The third-order valence-corrected chi connectivity index (χ3v) is 3.48. The number of hydrogen-bond acceptors (Lipinski definition) is 3. The van der Waals surface area contributed by atoms with Crippen molar-refractivity contribution < 1.29 is 9.84 Å². The van der Waals surface area contributed by atoms with Crippen LogP contribution in [0.25, 0.3) is 0 Å². The average molecular weight is 322 g/mol. The fourth-order valence-corrected chi connectivity index (χ4v) is 2.21. The summed E-state index contributed by atoms with van der Waals surface area (Å²) in [6.07, 6.45) is 7.30. The summed E-state index contributed by atoms with van der Waals surface area (Å²) in [5.74, 6) is 0.791. The topological polar surface area (TPSA) is 42.4 Å². The molecule has 0 aliphatic heterocycles. The van der Waals surface area contributed by atoms with E-state index in [0.717, 1.165) is 36.1 Å². The molecule has 0 bridgehead atoms. The van der Waals surface area contributed by atoms with Crippen molar-refractivity contribution >= 4 is 12.4 Å². The van der Waals surface area contributed by atoms with E-state index in [1.807, 2.05) is 36.4 Å². The number of nitrogens with zero attached hydrogens (tertiary/aromatic N) is 1. The van der Waals surface area contributed by atoms with Crippen molar-refractivity contribution in [3.63, 3.8) is 0 Å². The highest BCUT2D eigenvalue weighted by molar-refractivity contribution is 5.85. The van der Waals surface area contributed by atoms with Gasteiger partial charge in [0.25, 0.3) is 0 Å². The molecular formula is C18H24ClNO2. The molecule has 0 saturated carbocycles. The number of hydrogen-bond donors (Lipinski definition) is 1. The van der Waals surface area contributed by atoms with E-state index in [-0.39, 0.29) is 12.4 Å². The number of benzene rings is 1. The summed E-state index contributed by atoms with van der Waals surface area (Å²) in [7, 11) is 0. The van der Waals surface area contributed by atoms with Crippen LogP contribution < -0.4 is 4.74 Å². The molecule has 0 aliphatic carbocycles. The second kappa shape index (κ2) is 10.2. The highest BCUT2D eigenvalue weighted by Crippen LogP contribution is 2.24. The summed E-state index contributed by atoms with van der Waals surface area (Å²) < 4.78 is 5.77. The maximum absolute atomic E-state index is 10.2. The molecule has 120 valence electrons. The molecular weight excluding hydrogens is 298 g/mol. The zero-order chi connectivity index (χ0) is 14.9. The number of ether oxygens (including phenoxy) is 1. The molecule has 2 rings (SSSR count). The van der Waals surface area contributed by atoms with Crippen molar-refractivity contribution in [2.75, 3.05) is 0 Å². The Labute approximate surface area is 138 Å². The number of halogens is 1. The van der Waals surface area contributed by atoms with Crippen molar-refractivity contribution in [1.29, 1.82) is 0 Å². The number of unbranched alkanes of at least 4 members (excludes halogenated alkanes) is 2. The summed E-state index contributed by atoms with van der Waals surface area (Å²) >= 11 is 0. The standard InChI is InChI=1S/C18H23NO2.ClH/c1-2-3-4-8-18(20)16-6-5-7-17(13-16)21-14-15-9-11-19-12-10-15;/h5-7,9-13,18,20H,2-4,8,14H2,1H3;1H. The SMILES string of the molecule is CCCCCC(O)c1cccc(OCc2ccncc2)c1.Cl. The van der Waals surface area contributed by atoms with Crippen LogP contribution in [-0.4, -0.2) is 10.1 Å². The number of aromatic nitrogens is 1. The van der Waals surface area contributed by atoms with Crippen LogP contribution in [0.3, 0.4) is 0 Å². The van der Waals surface area contributed by atoms with E-state index in [9.17, 15) is 5.11 Å². The third-order valence-electron chi connectivity index (χ3n) is 3.48. The normalized spacial score (nSPS) is 11.5. The minimum atomic E-state index is -0.402. The Kier molecular flexibility index (Phi) is 8.56. The predicted octanol–water partition coefficient (Wildman–Crippen LogP) is 4.70. The van der Waals surface area contributed by atoms with Crippen LogP contribution >= 0.6 is 12.4 Å². The summed E-state index contributed by atoms with van der Waals surface area (Å²) in [5, 5.41) is 10.2. The van der Waals surface area contributed by atoms with E-state index in [4.69, 9.17) is 4.74 Å². The lowest BCUT2D eigenvalue weighted by Crippen LogP contribution is -2.00. The molecule has 1 aromatic carbocycles. The highest BCUT2D eigenvalue weighted by atomic mass is 35.5. The molecule has 0 saturated heterocycles. The molecule has 3 nitrogen and oxygen atoms in total. The van der Waals surface area contributed by atoms with Crippen LogP contribution in [-0.2, 0) is 6.61 Å². The molecule has 4 heteroatoms. The van der Waals surface area contributed by atoms with Gasteiger partial charge in [0.15, 0.2) is 0 Å². The first-order valence-corrected chi connectivity index (χ1v) is 7.59. The van der Waals surface area contributed by atoms with Gasteiger partial charge in [-0.05, 0) is 41.8 Å². The molecule has 0 radical (unpaired) electrons. The van der Waals surface area contributed by atoms with Gasteiger partial charge in [-0.25, -0.2) is 0 Å². The molecule has 0 spiro atoms. The van der Waals surface area contributed by atoms with Crippen LogP contribution in [0.2, 0.25) is 0 Å². The molecule has 1 heterocycles. The smallest absolute Gasteiger partial charge is 0.120 e. The molecule has 2 aromatic rings. The first-order valence-electron chi connectivity index (χ1n) is 7.59. The van der Waals surface area contributed by atoms with Crippen molar-refractivity contribution in [2.45, 2.75) is 45.3 Å². The van der Waals surface area contributed by atoms with Crippen molar-refractivity contribution in [2.24, 2.45) is 0 Å². The fraction of sp³-hybridized carbons (Fsp3) is 0.389. The summed E-state index contributed by atoms with van der Waals surface area (Å²) in [6, 6.07) is 11.6. The molecule has 1 aromatic heterocycles. The quantitative estimate of drug-likeness (QED) is 0.717. The van der Waals surface area contributed by atoms with Gasteiger partial charge in [0, 0.05) is 12.4 Å². The Morgan fingerprint density at radius 3 is 2.64 bits per heavy atom. The van der Waals surface area contributed by atoms with Gasteiger partial charge < -0.3 is 9.84 Å². The Morgan fingerprint density at radius 2 is 1.91 bits per heavy atom. The van der Waals surface area contributed by atoms with Gasteiger partial charge in [0.1, 0.15) is 12.4 Å². The number of aliphatic hydroxyl groups excluding tert-OH is 1. The number of rotatable bonds is 8. The van der Waals surface area contributed by atoms with Crippen LogP contribution in [0.4, 0.5) is 0 Å². The van der Waals surface area contributed by atoms with E-state index in [0.29, 0.717) is 6.61 Å². The van der Waals surface area contributed by atoms with Crippen molar-refractivity contribution in [3.05, 3.63) is 59.9 Å². The van der Waals surface area contributed by atoms with E-state index in [2.05, 4.69) is 11.9 Å². The Bertz CT molecular complexity index is 534. The minimum Gasteiger partial charge on any atom is -0.489 e. The predicted molar refractivity (Wildman–Crippen MR) is 91.4 cm³/mol. The molecule has 1 atom stereocenters. The average Bonchev–Trinajstić information content (AvgIpc) is 2.54. The molecule has 1 N–H and O–H groups in total. The fourth-order valence-electron chi connectivity index (χ4n) is 2.21. The monoisotopic (exact) mass is 321 g/mol. The van der Waals surface area contributed by atoms with E-state index in [1.165, 1.54) is 6.42 Å². The first kappa shape index (κ1) is 18.5. The Balaban J connectivity index is 0.00000242. The largest absolute Gasteiger partial charge is 0.489 e. The second-order valence-corrected chi connectivity index (χ2v) is 5.23. The zero-order valence-electron chi connectivity index (χ0n) is 12.9. The van der Waals surface area contributed by atoms with Crippen LogP contribution in [0.15, 0.2) is 48.8 Å². The number of aliphatic hydroxyl groups is 1. The molecule has 0 aliphatic rings. The summed E-state index contributed by atoms with van der Waals surface area (Å²) in [4.78, 5) is 3.98. The van der Waals surface area contributed by atoms with Crippen LogP contribution in [0.5, 0.6) is 5.75 Å². The van der Waals surface area contributed by atoms with Crippen molar-refractivity contribution in [1.82, 2.24) is 4.98 Å². The van der Waals surface area contributed by atoms with Crippen LogP contribution in [0, 0.1) is 0 Å². The second-order valence-electron chi connectivity index (χ2n) is 5.23. The lowest BCUT2D eigenvalue weighted by molar-refractivity contribution is 0.163. The summed E-state index contributed by atoms with van der Waals surface area (Å²) in [5.41, 5.74) is 2.01. The maximum Gasteiger partial charge on any atom is 0.120 e. The van der Waals surface area contributed by atoms with E-state index >= 15 is 0 Å². The minimum absolute atomic E-state index is 0. The van der Waals surface area contributed by atoms with Gasteiger partial charge in [0.2, 0.25) is 0 Å². The van der Waals surface area contributed by atoms with Crippen molar-refractivity contribution in [3.8, 4) is 5.75 Å². The van der Waals surface area contributed by atoms with Gasteiger partial charge >= 0.3 is 0 Å². The molecule has 0 amide bonds. The molecule has 1 unspecified atom stereocenters. The molecule has 22 heavy (non-hydrogen) atoms. The van der Waals surface area contributed by atoms with Gasteiger partial charge in [-0.15, -0.1) is 12.4 Å². The Morgan fingerprint density at radius 1 is 1.14 bits per heavy atom. The van der Waals surface area contributed by atoms with E-state index in [1.54, 1.807) is 12.4 Å². The zero-order valence-corrected chi connectivity index (χ0v) is 13.8. The van der Waals surface area contributed by atoms with Crippen LogP contribution in [0.1, 0.15) is 49.8 Å². The van der Waals surface area contributed by atoms with E-state index < -0.39 is 6.10 Å². The van der Waals surface area contributed by atoms with Gasteiger partial charge in [-0.3, -0.25) is 4.98 Å². The molecule has 0 fully saturated rings. The third kappa shape index (κ3) is 6.04. The lowest BCUT2D eigenvalue weighted by atomic mass is 10.0. The lowest BCUT2D eigenvalue weighted by Gasteiger charge is -2.13. The maximum atomic E-state index is 10.2. The Hall–Kier alpha value is -1.58. The first-order chi connectivity index (χ1) is 10.3. The van der Waals surface area contributed by atoms with Gasteiger partial charge in [-0.2, -0.15) is 0 Å². The highest BCUT2D eigenvalue weighted by Gasteiger charge is 2.08. The van der Waals surface area contributed by atoms with Gasteiger partial charge in [-0.1, -0.05) is 38.3 Å². The summed E-state index contributed by atoms with van der Waals surface area (Å²) in [6.45, 7) is 2.68.